The van der Waals surface area contributed by atoms with E-state index in [9.17, 15) is 5.11 Å². The molecule has 4 heteroatoms. The number of benzene rings is 1. The minimum absolute atomic E-state index is 0.0438. The Morgan fingerprint density at radius 1 is 1.56 bits per heavy atom. The molecule has 0 spiro atoms. The fourth-order valence-electron chi connectivity index (χ4n) is 1.77. The Morgan fingerprint density at radius 2 is 2.44 bits per heavy atom. The standard InChI is InChI=1S/C12H15ClO2S/c13-10-3-1-2-9(6-10)7-11(14)12-8-16-5-4-15-12/h1-3,6,11-12,14H,4-5,7-8H2. The monoisotopic (exact) mass is 258 g/mol. The average molecular weight is 259 g/mol. The largest absolute Gasteiger partial charge is 0.390 e. The van der Waals surface area contributed by atoms with Crippen LogP contribution in [0.1, 0.15) is 5.56 Å². The summed E-state index contributed by atoms with van der Waals surface area (Å²) < 4.78 is 5.54. The Bertz CT molecular complexity index is 340. The van der Waals surface area contributed by atoms with Crippen molar-refractivity contribution in [3.8, 4) is 0 Å². The van der Waals surface area contributed by atoms with Crippen molar-refractivity contribution in [2.24, 2.45) is 0 Å². The fraction of sp³-hybridized carbons (Fsp3) is 0.500. The van der Waals surface area contributed by atoms with Gasteiger partial charge in [-0.1, -0.05) is 23.7 Å². The van der Waals surface area contributed by atoms with Crippen LogP contribution in [0.25, 0.3) is 0 Å². The van der Waals surface area contributed by atoms with Crippen LogP contribution in [0.2, 0.25) is 5.02 Å². The summed E-state index contributed by atoms with van der Waals surface area (Å²) in [5, 5.41) is 10.7. The molecular formula is C12H15ClO2S. The molecule has 0 amide bonds. The molecular weight excluding hydrogens is 244 g/mol. The molecule has 1 aliphatic heterocycles. The summed E-state index contributed by atoms with van der Waals surface area (Å²) in [7, 11) is 0. The topological polar surface area (TPSA) is 29.5 Å². The molecule has 0 bridgehead atoms. The second kappa shape index (κ2) is 5.92. The molecule has 1 saturated heterocycles. The van der Waals surface area contributed by atoms with Gasteiger partial charge in [-0.25, -0.2) is 0 Å². The fourth-order valence-corrected chi connectivity index (χ4v) is 2.91. The van der Waals surface area contributed by atoms with Crippen LogP contribution in [0.3, 0.4) is 0 Å². The summed E-state index contributed by atoms with van der Waals surface area (Å²) in [5.74, 6) is 1.90. The van der Waals surface area contributed by atoms with Gasteiger partial charge in [0.15, 0.2) is 0 Å². The molecule has 0 aromatic heterocycles. The van der Waals surface area contributed by atoms with Crippen LogP contribution >= 0.6 is 23.4 Å². The van der Waals surface area contributed by atoms with Crippen molar-refractivity contribution >= 4 is 23.4 Å². The first-order valence-corrected chi connectivity index (χ1v) is 6.91. The number of thioether (sulfide) groups is 1. The summed E-state index contributed by atoms with van der Waals surface area (Å²) in [6.45, 7) is 0.738. The van der Waals surface area contributed by atoms with Gasteiger partial charge in [-0.2, -0.15) is 11.8 Å². The quantitative estimate of drug-likeness (QED) is 0.903. The molecule has 16 heavy (non-hydrogen) atoms. The van der Waals surface area contributed by atoms with Gasteiger partial charge in [-0.05, 0) is 17.7 Å². The highest BCUT2D eigenvalue weighted by Gasteiger charge is 2.22. The number of halogens is 1. The average Bonchev–Trinajstić information content (AvgIpc) is 2.30. The molecule has 1 aromatic rings. The second-order valence-corrected chi connectivity index (χ2v) is 5.47. The Kier molecular flexibility index (Phi) is 4.53. The van der Waals surface area contributed by atoms with Crippen molar-refractivity contribution in [3.05, 3.63) is 34.9 Å². The first kappa shape index (κ1) is 12.2. The molecule has 0 radical (unpaired) electrons. The third-order valence-electron chi connectivity index (χ3n) is 2.60. The highest BCUT2D eigenvalue weighted by molar-refractivity contribution is 7.99. The van der Waals surface area contributed by atoms with Crippen molar-refractivity contribution in [1.29, 1.82) is 0 Å². The zero-order valence-corrected chi connectivity index (χ0v) is 10.5. The van der Waals surface area contributed by atoms with E-state index in [0.29, 0.717) is 11.4 Å². The highest BCUT2D eigenvalue weighted by atomic mass is 35.5. The van der Waals surface area contributed by atoms with Crippen LogP contribution in [0.15, 0.2) is 24.3 Å². The number of aliphatic hydroxyl groups is 1. The smallest absolute Gasteiger partial charge is 0.0927 e. The molecule has 1 N–H and O–H groups in total. The van der Waals surface area contributed by atoms with Gasteiger partial charge in [0.25, 0.3) is 0 Å². The van der Waals surface area contributed by atoms with Crippen LogP contribution in [-0.4, -0.2) is 35.4 Å². The van der Waals surface area contributed by atoms with Gasteiger partial charge in [0.1, 0.15) is 0 Å². The van der Waals surface area contributed by atoms with Crippen molar-refractivity contribution in [1.82, 2.24) is 0 Å². The van der Waals surface area contributed by atoms with Gasteiger partial charge < -0.3 is 9.84 Å². The number of rotatable bonds is 3. The molecule has 0 saturated carbocycles. The van der Waals surface area contributed by atoms with Crippen LogP contribution < -0.4 is 0 Å². The molecule has 2 rings (SSSR count). The Balaban J connectivity index is 1.93. The van der Waals surface area contributed by atoms with E-state index >= 15 is 0 Å². The number of aliphatic hydroxyl groups excluding tert-OH is 1. The molecule has 2 atom stereocenters. The molecule has 1 heterocycles. The van der Waals surface area contributed by atoms with E-state index in [4.69, 9.17) is 16.3 Å². The minimum atomic E-state index is -0.439. The van der Waals surface area contributed by atoms with Crippen molar-refractivity contribution in [2.45, 2.75) is 18.6 Å². The Morgan fingerprint density at radius 3 is 3.12 bits per heavy atom. The number of hydrogen-bond acceptors (Lipinski definition) is 3. The predicted molar refractivity (Wildman–Crippen MR) is 68.2 cm³/mol. The zero-order valence-electron chi connectivity index (χ0n) is 8.93. The molecule has 2 nitrogen and oxygen atoms in total. The molecule has 88 valence electrons. The van der Waals surface area contributed by atoms with Gasteiger partial charge in [0, 0.05) is 22.9 Å². The Hall–Kier alpha value is -0.220. The number of hydrogen-bond donors (Lipinski definition) is 1. The molecule has 1 fully saturated rings. The molecule has 0 aliphatic carbocycles. The van der Waals surface area contributed by atoms with E-state index in [0.717, 1.165) is 23.7 Å². The van der Waals surface area contributed by atoms with Crippen LogP contribution in [-0.2, 0) is 11.2 Å². The maximum absolute atomic E-state index is 10.0. The van der Waals surface area contributed by atoms with Crippen molar-refractivity contribution < 1.29 is 9.84 Å². The van der Waals surface area contributed by atoms with Gasteiger partial charge in [-0.15, -0.1) is 0 Å². The summed E-state index contributed by atoms with van der Waals surface area (Å²) >= 11 is 7.73. The van der Waals surface area contributed by atoms with E-state index in [1.807, 2.05) is 36.0 Å². The maximum Gasteiger partial charge on any atom is 0.0927 e. The predicted octanol–water partition coefficient (Wildman–Crippen LogP) is 2.38. The third-order valence-corrected chi connectivity index (χ3v) is 3.86. The third kappa shape index (κ3) is 3.39. The first-order chi connectivity index (χ1) is 7.75. The maximum atomic E-state index is 10.0. The number of ether oxygens (including phenoxy) is 1. The van der Waals surface area contributed by atoms with Gasteiger partial charge >= 0.3 is 0 Å². The van der Waals surface area contributed by atoms with Gasteiger partial charge in [-0.3, -0.25) is 0 Å². The van der Waals surface area contributed by atoms with Crippen LogP contribution in [0.5, 0.6) is 0 Å². The highest BCUT2D eigenvalue weighted by Crippen LogP contribution is 2.19. The van der Waals surface area contributed by atoms with Crippen LogP contribution in [0.4, 0.5) is 0 Å². The van der Waals surface area contributed by atoms with Crippen molar-refractivity contribution in [2.75, 3.05) is 18.1 Å². The van der Waals surface area contributed by atoms with Gasteiger partial charge in [0.05, 0.1) is 18.8 Å². The lowest BCUT2D eigenvalue weighted by molar-refractivity contribution is -0.0207. The second-order valence-electron chi connectivity index (χ2n) is 3.89. The molecule has 1 aromatic carbocycles. The summed E-state index contributed by atoms with van der Waals surface area (Å²) in [6.07, 6.45) is 0.121. The van der Waals surface area contributed by atoms with E-state index < -0.39 is 6.10 Å². The van der Waals surface area contributed by atoms with E-state index in [-0.39, 0.29) is 6.10 Å². The lowest BCUT2D eigenvalue weighted by Crippen LogP contribution is -2.36. The summed E-state index contributed by atoms with van der Waals surface area (Å²) in [6, 6.07) is 7.61. The minimum Gasteiger partial charge on any atom is -0.390 e. The normalized spacial score (nSPS) is 23.0. The lowest BCUT2D eigenvalue weighted by atomic mass is 10.0. The van der Waals surface area contributed by atoms with Crippen LogP contribution in [0, 0.1) is 0 Å². The van der Waals surface area contributed by atoms with E-state index in [1.165, 1.54) is 0 Å². The summed E-state index contributed by atoms with van der Waals surface area (Å²) in [4.78, 5) is 0. The van der Waals surface area contributed by atoms with E-state index in [2.05, 4.69) is 0 Å². The van der Waals surface area contributed by atoms with E-state index in [1.54, 1.807) is 0 Å². The molecule has 2 unspecified atom stereocenters. The summed E-state index contributed by atoms with van der Waals surface area (Å²) in [5.41, 5.74) is 1.05. The Labute approximate surface area is 105 Å². The van der Waals surface area contributed by atoms with Gasteiger partial charge in [0.2, 0.25) is 0 Å². The SMILES string of the molecule is OC(Cc1cccc(Cl)c1)C1CSCCO1. The lowest BCUT2D eigenvalue weighted by Gasteiger charge is -2.26. The van der Waals surface area contributed by atoms with Crippen molar-refractivity contribution in [3.63, 3.8) is 0 Å². The first-order valence-electron chi connectivity index (χ1n) is 5.37. The molecule has 1 aliphatic rings. The zero-order chi connectivity index (χ0) is 11.4.